The Morgan fingerprint density at radius 2 is 2.19 bits per heavy atom. The van der Waals surface area contributed by atoms with E-state index >= 15 is 0 Å². The van der Waals surface area contributed by atoms with Crippen LogP contribution in [0.5, 0.6) is 0 Å². The lowest BCUT2D eigenvalue weighted by Gasteiger charge is -2.09. The van der Waals surface area contributed by atoms with Crippen molar-refractivity contribution in [3.05, 3.63) is 35.8 Å². The lowest BCUT2D eigenvalue weighted by molar-refractivity contribution is 0.570. The molecule has 1 unspecified atom stereocenters. The van der Waals surface area contributed by atoms with Gasteiger partial charge in [0.05, 0.1) is 5.52 Å². The van der Waals surface area contributed by atoms with Crippen molar-refractivity contribution in [1.82, 2.24) is 4.57 Å². The lowest BCUT2D eigenvalue weighted by atomic mass is 10.1. The lowest BCUT2D eigenvalue weighted by Crippen LogP contribution is -2.14. The summed E-state index contributed by atoms with van der Waals surface area (Å²) in [6.07, 6.45) is 0.890. The molecule has 0 aliphatic rings. The van der Waals surface area contributed by atoms with Gasteiger partial charge in [-0.1, -0.05) is 19.1 Å². The highest BCUT2D eigenvalue weighted by molar-refractivity contribution is 5.81. The van der Waals surface area contributed by atoms with Crippen LogP contribution in [0.25, 0.3) is 10.9 Å². The molecule has 1 aromatic heterocycles. The van der Waals surface area contributed by atoms with Gasteiger partial charge in [0.1, 0.15) is 5.82 Å². The molecular formula is C13H17FN2. The Morgan fingerprint density at radius 1 is 1.44 bits per heavy atom. The maximum atomic E-state index is 13.6. The van der Waals surface area contributed by atoms with Crippen molar-refractivity contribution < 1.29 is 4.39 Å². The molecule has 2 nitrogen and oxygen atoms in total. The average Bonchev–Trinajstić information content (AvgIpc) is 2.57. The van der Waals surface area contributed by atoms with Gasteiger partial charge >= 0.3 is 0 Å². The molecule has 2 rings (SSSR count). The minimum Gasteiger partial charge on any atom is -0.345 e. The second-order valence-electron chi connectivity index (χ2n) is 4.42. The summed E-state index contributed by atoms with van der Waals surface area (Å²) in [6, 6.07) is 7.23. The molecule has 3 heteroatoms. The fraction of sp³-hybridized carbons (Fsp3) is 0.385. The van der Waals surface area contributed by atoms with Crippen LogP contribution in [-0.2, 0) is 13.5 Å². The van der Waals surface area contributed by atoms with E-state index in [0.29, 0.717) is 18.0 Å². The predicted octanol–water partition coefficient (Wildman–Crippen LogP) is 2.45. The van der Waals surface area contributed by atoms with Crippen molar-refractivity contribution in [3.63, 3.8) is 0 Å². The zero-order valence-corrected chi connectivity index (χ0v) is 9.70. The highest BCUT2D eigenvalue weighted by Gasteiger charge is 2.11. The van der Waals surface area contributed by atoms with E-state index in [1.807, 2.05) is 23.7 Å². The van der Waals surface area contributed by atoms with E-state index in [1.165, 1.54) is 6.07 Å². The summed E-state index contributed by atoms with van der Waals surface area (Å²) in [6.45, 7) is 2.76. The maximum Gasteiger partial charge on any atom is 0.147 e. The highest BCUT2D eigenvalue weighted by atomic mass is 19.1. The molecule has 0 aliphatic heterocycles. The van der Waals surface area contributed by atoms with Crippen LogP contribution in [0.2, 0.25) is 0 Å². The van der Waals surface area contributed by atoms with Crippen LogP contribution >= 0.6 is 0 Å². The van der Waals surface area contributed by atoms with Gasteiger partial charge in [-0.15, -0.1) is 0 Å². The van der Waals surface area contributed by atoms with E-state index in [2.05, 4.69) is 6.92 Å². The number of aromatic nitrogens is 1. The van der Waals surface area contributed by atoms with Crippen LogP contribution in [0.4, 0.5) is 4.39 Å². The summed E-state index contributed by atoms with van der Waals surface area (Å²) >= 11 is 0. The first-order valence-electron chi connectivity index (χ1n) is 5.56. The summed E-state index contributed by atoms with van der Waals surface area (Å²) < 4.78 is 15.6. The fourth-order valence-corrected chi connectivity index (χ4v) is 2.06. The Labute approximate surface area is 94.9 Å². The van der Waals surface area contributed by atoms with Gasteiger partial charge < -0.3 is 10.3 Å². The number of hydrogen-bond donors (Lipinski definition) is 1. The van der Waals surface area contributed by atoms with Crippen LogP contribution in [0, 0.1) is 11.7 Å². The van der Waals surface area contributed by atoms with E-state index in [-0.39, 0.29) is 5.82 Å². The number of nitrogens with zero attached hydrogens (tertiary/aromatic N) is 1. The number of benzene rings is 1. The third-order valence-electron chi connectivity index (χ3n) is 3.07. The minimum absolute atomic E-state index is 0.161. The number of halogens is 1. The number of aryl methyl sites for hydroxylation is 1. The predicted molar refractivity (Wildman–Crippen MR) is 64.8 cm³/mol. The second kappa shape index (κ2) is 4.26. The van der Waals surface area contributed by atoms with Crippen molar-refractivity contribution in [2.45, 2.75) is 13.3 Å². The molecule has 0 spiro atoms. The molecule has 1 aromatic carbocycles. The van der Waals surface area contributed by atoms with Crippen molar-refractivity contribution in [2.75, 3.05) is 6.54 Å². The summed E-state index contributed by atoms with van der Waals surface area (Å²) in [5, 5.41) is 0.960. The molecule has 2 N–H and O–H groups in total. The fourth-order valence-electron chi connectivity index (χ4n) is 2.06. The van der Waals surface area contributed by atoms with Crippen molar-refractivity contribution in [2.24, 2.45) is 18.7 Å². The Morgan fingerprint density at radius 3 is 2.81 bits per heavy atom. The van der Waals surface area contributed by atoms with Gasteiger partial charge in [-0.25, -0.2) is 4.39 Å². The second-order valence-corrected chi connectivity index (χ2v) is 4.42. The van der Waals surface area contributed by atoms with Gasteiger partial charge in [-0.3, -0.25) is 0 Å². The van der Waals surface area contributed by atoms with Crippen LogP contribution in [-0.4, -0.2) is 11.1 Å². The van der Waals surface area contributed by atoms with Crippen LogP contribution in [0.15, 0.2) is 24.3 Å². The molecule has 86 valence electrons. The molecule has 0 radical (unpaired) electrons. The summed E-state index contributed by atoms with van der Waals surface area (Å²) in [7, 11) is 1.91. The third kappa shape index (κ3) is 1.83. The summed E-state index contributed by atoms with van der Waals surface area (Å²) in [5.41, 5.74) is 7.43. The van der Waals surface area contributed by atoms with Crippen LogP contribution < -0.4 is 5.73 Å². The van der Waals surface area contributed by atoms with Gasteiger partial charge in [0.25, 0.3) is 0 Å². The zero-order chi connectivity index (χ0) is 11.7. The molecule has 0 bridgehead atoms. The maximum absolute atomic E-state index is 13.6. The number of hydrogen-bond acceptors (Lipinski definition) is 1. The molecule has 1 atom stereocenters. The summed E-state index contributed by atoms with van der Waals surface area (Å²) in [4.78, 5) is 0. The Hall–Kier alpha value is -1.35. The molecule has 0 saturated heterocycles. The van der Waals surface area contributed by atoms with E-state index < -0.39 is 0 Å². The standard InChI is InChI=1S/C13H17FN2/c1-9(8-15)6-11-7-10-4-3-5-12(14)13(10)16(11)2/h3-5,7,9H,6,8,15H2,1-2H3. The van der Waals surface area contributed by atoms with Crippen LogP contribution in [0.3, 0.4) is 0 Å². The third-order valence-corrected chi connectivity index (χ3v) is 3.07. The Kier molecular flexibility index (Phi) is 2.97. The number of rotatable bonds is 3. The molecule has 1 heterocycles. The largest absolute Gasteiger partial charge is 0.345 e. The monoisotopic (exact) mass is 220 g/mol. The van der Waals surface area contributed by atoms with Gasteiger partial charge in [-0.2, -0.15) is 0 Å². The molecule has 16 heavy (non-hydrogen) atoms. The molecule has 2 aromatic rings. The molecule has 0 saturated carbocycles. The highest BCUT2D eigenvalue weighted by Crippen LogP contribution is 2.22. The van der Waals surface area contributed by atoms with E-state index in [9.17, 15) is 4.39 Å². The SMILES string of the molecule is CC(CN)Cc1cc2cccc(F)c2n1C. The Balaban J connectivity index is 2.48. The zero-order valence-electron chi connectivity index (χ0n) is 9.70. The number of nitrogens with two attached hydrogens (primary N) is 1. The molecule has 0 amide bonds. The first-order chi connectivity index (χ1) is 7.63. The smallest absolute Gasteiger partial charge is 0.147 e. The normalized spacial score (nSPS) is 13.2. The van der Waals surface area contributed by atoms with E-state index in [0.717, 1.165) is 17.5 Å². The minimum atomic E-state index is -0.161. The Bertz CT molecular complexity index is 502. The number of fused-ring (bicyclic) bond motifs is 1. The molecule has 0 aliphatic carbocycles. The van der Waals surface area contributed by atoms with Crippen molar-refractivity contribution in [1.29, 1.82) is 0 Å². The van der Waals surface area contributed by atoms with Gasteiger partial charge in [0.2, 0.25) is 0 Å². The first kappa shape index (κ1) is 11.1. The van der Waals surface area contributed by atoms with Gasteiger partial charge in [-0.05, 0) is 31.0 Å². The van der Waals surface area contributed by atoms with Crippen molar-refractivity contribution in [3.8, 4) is 0 Å². The van der Waals surface area contributed by atoms with E-state index in [4.69, 9.17) is 5.73 Å². The number of para-hydroxylation sites is 1. The molecular weight excluding hydrogens is 203 g/mol. The van der Waals surface area contributed by atoms with Crippen LogP contribution in [0.1, 0.15) is 12.6 Å². The topological polar surface area (TPSA) is 30.9 Å². The van der Waals surface area contributed by atoms with Crippen molar-refractivity contribution >= 4 is 10.9 Å². The summed E-state index contributed by atoms with van der Waals surface area (Å²) in [5.74, 6) is 0.262. The van der Waals surface area contributed by atoms with Gasteiger partial charge in [0.15, 0.2) is 0 Å². The first-order valence-corrected chi connectivity index (χ1v) is 5.56. The van der Waals surface area contributed by atoms with Gasteiger partial charge in [0, 0.05) is 18.1 Å². The molecule has 0 fully saturated rings. The average molecular weight is 220 g/mol. The quantitative estimate of drug-likeness (QED) is 0.846. The van der Waals surface area contributed by atoms with E-state index in [1.54, 1.807) is 6.07 Å².